The summed E-state index contributed by atoms with van der Waals surface area (Å²) < 4.78 is 18.2. The van der Waals surface area contributed by atoms with E-state index in [9.17, 15) is 19.8 Å². The second-order valence-electron chi connectivity index (χ2n) is 12.4. The molecule has 2 aliphatic rings. The second-order valence-corrected chi connectivity index (χ2v) is 12.8. The number of ether oxygens (including phenoxy) is 3. The van der Waals surface area contributed by atoms with Gasteiger partial charge in [0.15, 0.2) is 12.4 Å². The highest BCUT2D eigenvalue weighted by Crippen LogP contribution is 2.42. The number of hydrogen-bond donors (Lipinski definition) is 3. The summed E-state index contributed by atoms with van der Waals surface area (Å²) >= 11 is 6.07. The fraction of sp³-hybridized carbons (Fsp3) is 0.444. The molecule has 0 unspecified atom stereocenters. The van der Waals surface area contributed by atoms with Crippen molar-refractivity contribution in [3.8, 4) is 0 Å². The number of hydrogen-bond acceptors (Lipinski definition) is 8. The van der Waals surface area contributed by atoms with E-state index in [1.165, 1.54) is 13.8 Å². The summed E-state index contributed by atoms with van der Waals surface area (Å²) in [5, 5.41) is 24.4. The lowest BCUT2D eigenvalue weighted by Gasteiger charge is -2.45. The van der Waals surface area contributed by atoms with Crippen LogP contribution in [0.15, 0.2) is 72.8 Å². The highest BCUT2D eigenvalue weighted by atomic mass is 35.5. The topological polar surface area (TPSA) is 118 Å². The van der Waals surface area contributed by atoms with Gasteiger partial charge in [-0.2, -0.15) is 0 Å². The Morgan fingerprint density at radius 1 is 0.978 bits per heavy atom. The van der Waals surface area contributed by atoms with Crippen molar-refractivity contribution in [3.05, 3.63) is 106 Å². The predicted octanol–water partition coefficient (Wildman–Crippen LogP) is 5.18. The molecule has 9 nitrogen and oxygen atoms in total. The molecule has 3 aromatic carbocycles. The molecule has 5 atom stereocenters. The number of rotatable bonds is 10. The van der Waals surface area contributed by atoms with Gasteiger partial charge >= 0.3 is 5.97 Å². The summed E-state index contributed by atoms with van der Waals surface area (Å²) in [6.07, 6.45) is -0.654. The van der Waals surface area contributed by atoms with Crippen molar-refractivity contribution < 1.29 is 34.0 Å². The van der Waals surface area contributed by atoms with Crippen molar-refractivity contribution in [2.24, 2.45) is 5.92 Å². The fourth-order valence-electron chi connectivity index (χ4n) is 6.16. The maximum Gasteiger partial charge on any atom is 0.303 e. The first-order valence-corrected chi connectivity index (χ1v) is 16.2. The normalized spacial score (nSPS) is 23.8. The number of carbonyl (C=O) groups is 2. The summed E-state index contributed by atoms with van der Waals surface area (Å²) in [5.41, 5.74) is 3.59. The van der Waals surface area contributed by atoms with Gasteiger partial charge in [-0.1, -0.05) is 79.2 Å². The van der Waals surface area contributed by atoms with E-state index in [-0.39, 0.29) is 37.2 Å². The molecule has 46 heavy (non-hydrogen) atoms. The largest absolute Gasteiger partial charge is 0.453 e. The van der Waals surface area contributed by atoms with Crippen molar-refractivity contribution in [3.63, 3.8) is 0 Å². The predicted molar refractivity (Wildman–Crippen MR) is 174 cm³/mol. The number of aliphatic hydroxyl groups is 2. The molecule has 0 saturated carbocycles. The van der Waals surface area contributed by atoms with Crippen LogP contribution in [0.2, 0.25) is 5.02 Å². The summed E-state index contributed by atoms with van der Waals surface area (Å²) in [4.78, 5) is 25.8. The van der Waals surface area contributed by atoms with Gasteiger partial charge in [-0.3, -0.25) is 9.59 Å². The van der Waals surface area contributed by atoms with Crippen molar-refractivity contribution in [1.82, 2.24) is 10.2 Å². The molecular formula is C36H43ClN2O7. The van der Waals surface area contributed by atoms with E-state index < -0.39 is 24.0 Å². The van der Waals surface area contributed by atoms with Gasteiger partial charge < -0.3 is 34.6 Å². The Kier molecular flexibility index (Phi) is 11.1. The lowest BCUT2D eigenvalue weighted by Crippen LogP contribution is -2.49. The van der Waals surface area contributed by atoms with Crippen LogP contribution in [0.1, 0.15) is 73.8 Å². The molecule has 246 valence electrons. The minimum Gasteiger partial charge on any atom is -0.453 e. The van der Waals surface area contributed by atoms with Crippen LogP contribution in [0.3, 0.4) is 0 Å². The number of nitrogens with zero attached hydrogens (tertiary/aromatic N) is 1. The molecule has 2 aliphatic heterocycles. The summed E-state index contributed by atoms with van der Waals surface area (Å²) in [6.45, 7) is 7.35. The van der Waals surface area contributed by atoms with Crippen LogP contribution in [0, 0.1) is 5.92 Å². The summed E-state index contributed by atoms with van der Waals surface area (Å²) in [7, 11) is 0. The molecule has 1 amide bonds. The molecule has 0 spiro atoms. The minimum absolute atomic E-state index is 0.0253. The van der Waals surface area contributed by atoms with Crippen LogP contribution in [0.5, 0.6) is 0 Å². The zero-order valence-corrected chi connectivity index (χ0v) is 27.3. The maximum absolute atomic E-state index is 12.3. The van der Waals surface area contributed by atoms with Crippen LogP contribution in [-0.2, 0) is 42.6 Å². The van der Waals surface area contributed by atoms with E-state index in [1.807, 2.05) is 72.8 Å². The first kappa shape index (κ1) is 34.0. The van der Waals surface area contributed by atoms with Crippen LogP contribution in [-0.4, -0.2) is 58.8 Å². The molecule has 2 heterocycles. The van der Waals surface area contributed by atoms with E-state index in [1.54, 1.807) is 0 Å². The fourth-order valence-corrected chi connectivity index (χ4v) is 6.29. The maximum atomic E-state index is 12.3. The van der Waals surface area contributed by atoms with Crippen molar-refractivity contribution in [2.45, 2.75) is 77.0 Å². The third kappa shape index (κ3) is 8.34. The molecule has 0 aromatic heterocycles. The number of carbonyl (C=O) groups excluding carboxylic acids is 2. The molecular weight excluding hydrogens is 608 g/mol. The lowest BCUT2D eigenvalue weighted by molar-refractivity contribution is -0.277. The number of aliphatic hydroxyl groups excluding tert-OH is 1. The SMILES string of the molecule is CC(=O)O[C@@H](C)C(=O)NCc1ccc([C@H]2O[C@@H](CN3CCC(O)(c4ccc(Cl)cc4)CC3)[C@@H](C)[C@@H](c3ccc(CO)cc3)O2)cc1. The quantitative estimate of drug-likeness (QED) is 0.257. The Hall–Kier alpha value is -3.31. The van der Waals surface area contributed by atoms with E-state index in [4.69, 9.17) is 25.8 Å². The molecule has 3 N–H and O–H groups in total. The zero-order valence-electron chi connectivity index (χ0n) is 26.5. The highest BCUT2D eigenvalue weighted by Gasteiger charge is 2.41. The van der Waals surface area contributed by atoms with Gasteiger partial charge in [-0.05, 0) is 54.2 Å². The molecule has 0 radical (unpaired) electrons. The third-order valence-corrected chi connectivity index (χ3v) is 9.31. The third-order valence-electron chi connectivity index (χ3n) is 9.06. The summed E-state index contributed by atoms with van der Waals surface area (Å²) in [5.74, 6) is -0.842. The van der Waals surface area contributed by atoms with Crippen LogP contribution < -0.4 is 5.32 Å². The molecule has 2 fully saturated rings. The number of likely N-dealkylation sites (tertiary alicyclic amines) is 1. The van der Waals surface area contributed by atoms with Crippen LogP contribution in [0.4, 0.5) is 0 Å². The van der Waals surface area contributed by atoms with E-state index in [2.05, 4.69) is 17.1 Å². The molecule has 5 rings (SSSR count). The number of esters is 1. The Morgan fingerprint density at radius 2 is 1.59 bits per heavy atom. The van der Waals surface area contributed by atoms with E-state index in [0.29, 0.717) is 24.4 Å². The molecule has 0 bridgehead atoms. The number of piperidine rings is 1. The first-order chi connectivity index (χ1) is 22.0. The monoisotopic (exact) mass is 650 g/mol. The van der Waals surface area contributed by atoms with Gasteiger partial charge in [-0.15, -0.1) is 0 Å². The molecule has 2 saturated heterocycles. The van der Waals surface area contributed by atoms with Gasteiger partial charge in [0.2, 0.25) is 0 Å². The van der Waals surface area contributed by atoms with Gasteiger partial charge in [0.1, 0.15) is 0 Å². The van der Waals surface area contributed by atoms with Gasteiger partial charge in [0.05, 0.1) is 24.4 Å². The second kappa shape index (κ2) is 15.1. The number of benzene rings is 3. The Balaban J connectivity index is 1.28. The van der Waals surface area contributed by atoms with Crippen LogP contribution >= 0.6 is 11.6 Å². The smallest absolute Gasteiger partial charge is 0.303 e. The number of amides is 1. The van der Waals surface area contributed by atoms with Gasteiger partial charge in [0.25, 0.3) is 5.91 Å². The van der Waals surface area contributed by atoms with Gasteiger partial charge in [0, 0.05) is 49.6 Å². The minimum atomic E-state index is -0.886. The molecule has 3 aromatic rings. The molecule has 0 aliphatic carbocycles. The molecule has 10 heteroatoms. The van der Waals surface area contributed by atoms with E-state index in [0.717, 1.165) is 40.9 Å². The highest BCUT2D eigenvalue weighted by molar-refractivity contribution is 6.30. The lowest BCUT2D eigenvalue weighted by atomic mass is 9.84. The van der Waals surface area contributed by atoms with Crippen molar-refractivity contribution >= 4 is 23.5 Å². The van der Waals surface area contributed by atoms with Crippen molar-refractivity contribution in [1.29, 1.82) is 0 Å². The Bertz CT molecular complexity index is 1460. The van der Waals surface area contributed by atoms with E-state index >= 15 is 0 Å². The van der Waals surface area contributed by atoms with Gasteiger partial charge in [-0.25, -0.2) is 0 Å². The Morgan fingerprint density at radius 3 is 2.20 bits per heavy atom. The number of halogens is 1. The number of nitrogens with one attached hydrogen (secondary N) is 1. The average molecular weight is 651 g/mol. The van der Waals surface area contributed by atoms with Crippen LogP contribution in [0.25, 0.3) is 0 Å². The Labute approximate surface area is 275 Å². The average Bonchev–Trinajstić information content (AvgIpc) is 3.06. The standard InChI is InChI=1S/C36H43ClN2O7/c1-23-32(21-39-18-16-36(43,17-19-39)30-12-14-31(37)15-13-30)45-35(46-33(23)28-8-6-27(22-40)7-9-28)29-10-4-26(5-11-29)20-38-34(42)24(2)44-25(3)41/h4-15,23-24,32-33,35,40,43H,16-22H2,1-3H3,(H,38,42)/t23-,24+,32+,33+,35+/m1/s1. The summed E-state index contributed by atoms with van der Waals surface area (Å²) in [6, 6.07) is 23.0. The zero-order chi connectivity index (χ0) is 32.8. The van der Waals surface area contributed by atoms with Crippen molar-refractivity contribution in [2.75, 3.05) is 19.6 Å². The first-order valence-electron chi connectivity index (χ1n) is 15.8.